The molecule has 2 rings (SSSR count). The molecule has 2 unspecified atom stereocenters. The smallest absolute Gasteiger partial charge is 0.0248 e. The van der Waals surface area contributed by atoms with E-state index in [0.29, 0.717) is 6.04 Å². The number of hydrogen-bond donors (Lipinski definition) is 1. The first-order valence-electron chi connectivity index (χ1n) is 6.68. The normalized spacial score (nSPS) is 24.2. The highest BCUT2D eigenvalue weighted by Gasteiger charge is 2.27. The van der Waals surface area contributed by atoms with Gasteiger partial charge in [-0.2, -0.15) is 0 Å². The Balaban J connectivity index is 2.04. The minimum atomic E-state index is 0.714. The quantitative estimate of drug-likeness (QED) is 0.868. The third kappa shape index (κ3) is 3.26. The third-order valence-corrected chi connectivity index (χ3v) is 5.11. The van der Waals surface area contributed by atoms with Crippen molar-refractivity contribution in [2.75, 3.05) is 6.54 Å². The van der Waals surface area contributed by atoms with E-state index in [1.54, 1.807) is 0 Å². The summed E-state index contributed by atoms with van der Waals surface area (Å²) in [6.45, 7) is 7.69. The van der Waals surface area contributed by atoms with Crippen LogP contribution >= 0.6 is 11.8 Å². The van der Waals surface area contributed by atoms with Crippen LogP contribution in [0, 0.1) is 13.8 Å². The van der Waals surface area contributed by atoms with Gasteiger partial charge in [-0.1, -0.05) is 31.0 Å². The molecule has 1 aliphatic carbocycles. The zero-order valence-corrected chi connectivity index (χ0v) is 11.9. The van der Waals surface area contributed by atoms with Crippen LogP contribution in [0.3, 0.4) is 0 Å². The SMILES string of the molecule is CCNC1CCCC1Sc1ccc(C)cc1C. The van der Waals surface area contributed by atoms with Crippen molar-refractivity contribution in [3.05, 3.63) is 29.3 Å². The third-order valence-electron chi connectivity index (χ3n) is 3.53. The molecule has 0 spiro atoms. The van der Waals surface area contributed by atoms with Crippen LogP contribution in [-0.4, -0.2) is 17.8 Å². The molecule has 1 saturated carbocycles. The summed E-state index contributed by atoms with van der Waals surface area (Å²) in [5.41, 5.74) is 2.79. The molecule has 1 fully saturated rings. The number of rotatable bonds is 4. The average molecular weight is 249 g/mol. The Labute approximate surface area is 109 Å². The summed E-state index contributed by atoms with van der Waals surface area (Å²) < 4.78 is 0. The molecule has 17 heavy (non-hydrogen) atoms. The second-order valence-corrected chi connectivity index (χ2v) is 6.30. The van der Waals surface area contributed by atoms with Gasteiger partial charge in [-0.05, 0) is 44.9 Å². The van der Waals surface area contributed by atoms with E-state index in [1.165, 1.54) is 35.3 Å². The number of aryl methyl sites for hydroxylation is 2. The van der Waals surface area contributed by atoms with Gasteiger partial charge >= 0.3 is 0 Å². The van der Waals surface area contributed by atoms with Gasteiger partial charge in [-0.3, -0.25) is 0 Å². The van der Waals surface area contributed by atoms with Gasteiger partial charge in [0.05, 0.1) is 0 Å². The fraction of sp³-hybridized carbons (Fsp3) is 0.600. The summed E-state index contributed by atoms with van der Waals surface area (Å²) >= 11 is 2.07. The lowest BCUT2D eigenvalue weighted by atomic mass is 10.2. The summed E-state index contributed by atoms with van der Waals surface area (Å²) in [7, 11) is 0. The lowest BCUT2D eigenvalue weighted by Gasteiger charge is -2.20. The summed E-state index contributed by atoms with van der Waals surface area (Å²) in [6.07, 6.45) is 4.08. The number of thioether (sulfide) groups is 1. The Bertz CT molecular complexity index is 375. The van der Waals surface area contributed by atoms with E-state index in [-0.39, 0.29) is 0 Å². The van der Waals surface area contributed by atoms with Crippen LogP contribution in [-0.2, 0) is 0 Å². The zero-order chi connectivity index (χ0) is 12.3. The summed E-state index contributed by atoms with van der Waals surface area (Å²) in [6, 6.07) is 7.52. The van der Waals surface area contributed by atoms with Crippen molar-refractivity contribution in [1.29, 1.82) is 0 Å². The molecule has 0 saturated heterocycles. The molecule has 0 radical (unpaired) electrons. The van der Waals surface area contributed by atoms with Crippen LogP contribution in [0.1, 0.15) is 37.3 Å². The van der Waals surface area contributed by atoms with Gasteiger partial charge in [-0.15, -0.1) is 11.8 Å². The maximum absolute atomic E-state index is 3.62. The van der Waals surface area contributed by atoms with Crippen LogP contribution in [0.25, 0.3) is 0 Å². The lowest BCUT2D eigenvalue weighted by molar-refractivity contribution is 0.551. The molecule has 1 aromatic rings. The molecular weight excluding hydrogens is 226 g/mol. The predicted octanol–water partition coefficient (Wildman–Crippen LogP) is 3.93. The van der Waals surface area contributed by atoms with Crippen molar-refractivity contribution < 1.29 is 0 Å². The highest BCUT2D eigenvalue weighted by molar-refractivity contribution is 8.00. The van der Waals surface area contributed by atoms with E-state index in [9.17, 15) is 0 Å². The molecule has 0 aliphatic heterocycles. The second kappa shape index (κ2) is 5.92. The molecule has 2 atom stereocenters. The number of benzene rings is 1. The largest absolute Gasteiger partial charge is 0.313 e. The van der Waals surface area contributed by atoms with E-state index in [1.807, 2.05) is 0 Å². The fourth-order valence-corrected chi connectivity index (χ4v) is 4.06. The second-order valence-electron chi connectivity index (χ2n) is 5.02. The minimum Gasteiger partial charge on any atom is -0.313 e. The van der Waals surface area contributed by atoms with Crippen molar-refractivity contribution >= 4 is 11.8 Å². The highest BCUT2D eigenvalue weighted by Crippen LogP contribution is 2.36. The van der Waals surface area contributed by atoms with Gasteiger partial charge in [0.1, 0.15) is 0 Å². The van der Waals surface area contributed by atoms with Crippen LogP contribution < -0.4 is 5.32 Å². The molecule has 1 aromatic carbocycles. The molecule has 1 nitrogen and oxygen atoms in total. The Morgan fingerprint density at radius 2 is 2.12 bits per heavy atom. The van der Waals surface area contributed by atoms with Gasteiger partial charge < -0.3 is 5.32 Å². The topological polar surface area (TPSA) is 12.0 Å². The van der Waals surface area contributed by atoms with Gasteiger partial charge in [-0.25, -0.2) is 0 Å². The van der Waals surface area contributed by atoms with Crippen LogP contribution in [0.2, 0.25) is 0 Å². The van der Waals surface area contributed by atoms with Crippen molar-refractivity contribution in [3.8, 4) is 0 Å². The monoisotopic (exact) mass is 249 g/mol. The predicted molar refractivity (Wildman–Crippen MR) is 76.9 cm³/mol. The Morgan fingerprint density at radius 1 is 1.29 bits per heavy atom. The first-order valence-corrected chi connectivity index (χ1v) is 7.56. The molecule has 2 heteroatoms. The molecule has 94 valence electrons. The first kappa shape index (κ1) is 13.0. The summed E-state index contributed by atoms with van der Waals surface area (Å²) in [4.78, 5) is 1.46. The molecule has 0 amide bonds. The van der Waals surface area contributed by atoms with Crippen LogP contribution in [0.15, 0.2) is 23.1 Å². The average Bonchev–Trinajstić information content (AvgIpc) is 2.71. The van der Waals surface area contributed by atoms with Crippen molar-refractivity contribution in [1.82, 2.24) is 5.32 Å². The minimum absolute atomic E-state index is 0.714. The molecular formula is C15H23NS. The molecule has 1 N–H and O–H groups in total. The van der Waals surface area contributed by atoms with Gasteiger partial charge in [0.2, 0.25) is 0 Å². The van der Waals surface area contributed by atoms with E-state index >= 15 is 0 Å². The van der Waals surface area contributed by atoms with E-state index in [0.717, 1.165) is 11.8 Å². The van der Waals surface area contributed by atoms with E-state index in [2.05, 4.69) is 56.0 Å². The van der Waals surface area contributed by atoms with Gasteiger partial charge in [0.15, 0.2) is 0 Å². The summed E-state index contributed by atoms with van der Waals surface area (Å²) in [5.74, 6) is 0. The molecule has 0 bridgehead atoms. The van der Waals surface area contributed by atoms with E-state index in [4.69, 9.17) is 0 Å². The van der Waals surface area contributed by atoms with Crippen LogP contribution in [0.5, 0.6) is 0 Å². The van der Waals surface area contributed by atoms with Crippen molar-refractivity contribution in [2.45, 2.75) is 56.2 Å². The Morgan fingerprint density at radius 3 is 2.82 bits per heavy atom. The lowest BCUT2D eigenvalue weighted by Crippen LogP contribution is -2.33. The number of hydrogen-bond acceptors (Lipinski definition) is 2. The molecule has 0 heterocycles. The summed E-state index contributed by atoms with van der Waals surface area (Å²) in [5, 5.41) is 4.39. The van der Waals surface area contributed by atoms with Gasteiger partial charge in [0, 0.05) is 16.2 Å². The maximum atomic E-state index is 3.62. The molecule has 0 aromatic heterocycles. The first-order chi connectivity index (χ1) is 8.20. The van der Waals surface area contributed by atoms with Crippen molar-refractivity contribution in [2.24, 2.45) is 0 Å². The Kier molecular flexibility index (Phi) is 4.52. The maximum Gasteiger partial charge on any atom is 0.0248 e. The molecule has 1 aliphatic rings. The van der Waals surface area contributed by atoms with Crippen LogP contribution in [0.4, 0.5) is 0 Å². The zero-order valence-electron chi connectivity index (χ0n) is 11.1. The van der Waals surface area contributed by atoms with Crippen molar-refractivity contribution in [3.63, 3.8) is 0 Å². The fourth-order valence-electron chi connectivity index (χ4n) is 2.66. The standard InChI is InChI=1S/C15H23NS/c1-4-16-13-6-5-7-15(13)17-14-9-8-11(2)10-12(14)3/h8-10,13,15-16H,4-7H2,1-3H3. The highest BCUT2D eigenvalue weighted by atomic mass is 32.2. The Hall–Kier alpha value is -0.470. The van der Waals surface area contributed by atoms with Gasteiger partial charge in [0.25, 0.3) is 0 Å². The number of nitrogens with one attached hydrogen (secondary N) is 1. The van der Waals surface area contributed by atoms with E-state index < -0.39 is 0 Å².